The minimum atomic E-state index is -1.49. The third-order valence-electron chi connectivity index (χ3n) is 5.99. The van der Waals surface area contributed by atoms with Gasteiger partial charge in [-0.25, -0.2) is 4.79 Å². The van der Waals surface area contributed by atoms with Gasteiger partial charge in [-0.15, -0.1) is 5.06 Å². The van der Waals surface area contributed by atoms with Crippen LogP contribution in [0.15, 0.2) is 30.5 Å². The first kappa shape index (κ1) is 24.7. The molecule has 33 heavy (non-hydrogen) atoms. The van der Waals surface area contributed by atoms with Gasteiger partial charge in [0.15, 0.2) is 0 Å². The van der Waals surface area contributed by atoms with Crippen molar-refractivity contribution < 1.29 is 24.7 Å². The lowest BCUT2D eigenvalue weighted by Gasteiger charge is -2.22. The summed E-state index contributed by atoms with van der Waals surface area (Å²) in [6, 6.07) is 5.76. The van der Waals surface area contributed by atoms with Crippen LogP contribution in [0.4, 0.5) is 4.79 Å². The molecule has 0 fully saturated rings. The van der Waals surface area contributed by atoms with Gasteiger partial charge in [0.1, 0.15) is 12.1 Å². The predicted molar refractivity (Wildman–Crippen MR) is 124 cm³/mol. The lowest BCUT2D eigenvalue weighted by molar-refractivity contribution is -0.162. The maximum Gasteiger partial charge on any atom is 0.349 e. The number of hydrogen-bond acceptors (Lipinski definition) is 5. The number of urea groups is 1. The number of aryl methyl sites for hydroxylation is 1. The van der Waals surface area contributed by atoms with Crippen LogP contribution in [0.1, 0.15) is 51.5 Å². The molecule has 0 saturated carbocycles. The van der Waals surface area contributed by atoms with Crippen molar-refractivity contribution in [1.29, 1.82) is 0 Å². The van der Waals surface area contributed by atoms with Crippen molar-refractivity contribution in [3.8, 4) is 0 Å². The van der Waals surface area contributed by atoms with Crippen molar-refractivity contribution >= 4 is 28.7 Å². The van der Waals surface area contributed by atoms with Crippen LogP contribution < -0.4 is 10.6 Å². The van der Waals surface area contributed by atoms with Crippen LogP contribution in [0, 0.1) is 5.92 Å². The van der Waals surface area contributed by atoms with Crippen molar-refractivity contribution in [3.63, 3.8) is 0 Å². The van der Waals surface area contributed by atoms with E-state index in [0.29, 0.717) is 13.0 Å². The molecule has 2 heterocycles. The van der Waals surface area contributed by atoms with Gasteiger partial charge in [0.2, 0.25) is 5.91 Å². The SMILES string of the molecule is CC(C)CCC(O)C(=O)N(O)C(=O)NC1Cc2cn(c3ccccc23)CCCCCNC1=O. The van der Waals surface area contributed by atoms with Gasteiger partial charge in [0.25, 0.3) is 5.91 Å². The van der Waals surface area contributed by atoms with E-state index in [1.807, 2.05) is 44.3 Å². The van der Waals surface area contributed by atoms with Crippen molar-refractivity contribution in [1.82, 2.24) is 20.3 Å². The average molecular weight is 459 g/mol. The lowest BCUT2D eigenvalue weighted by atomic mass is 10.0. The van der Waals surface area contributed by atoms with Crippen LogP contribution in [0.5, 0.6) is 0 Å². The van der Waals surface area contributed by atoms with E-state index in [-0.39, 0.29) is 29.7 Å². The fourth-order valence-electron chi connectivity index (χ4n) is 4.08. The zero-order chi connectivity index (χ0) is 24.0. The molecule has 1 aromatic carbocycles. The lowest BCUT2D eigenvalue weighted by Crippen LogP contribution is -2.54. The first-order valence-electron chi connectivity index (χ1n) is 11.6. The summed E-state index contributed by atoms with van der Waals surface area (Å²) < 4.78 is 2.16. The van der Waals surface area contributed by atoms with Gasteiger partial charge in [0.05, 0.1) is 0 Å². The molecule has 4 amide bonds. The number of carbonyl (C=O) groups excluding carboxylic acids is 3. The first-order valence-corrected chi connectivity index (χ1v) is 11.6. The molecule has 2 bridgehead atoms. The largest absolute Gasteiger partial charge is 0.383 e. The number of nitrogens with zero attached hydrogens (tertiary/aromatic N) is 2. The monoisotopic (exact) mass is 458 g/mol. The van der Waals surface area contributed by atoms with E-state index in [2.05, 4.69) is 15.2 Å². The number of benzene rings is 1. The number of carbonyl (C=O) groups is 3. The number of fused-ring (bicyclic) bond motifs is 5. The van der Waals surface area contributed by atoms with Gasteiger partial charge in [0, 0.05) is 36.6 Å². The van der Waals surface area contributed by atoms with E-state index < -0.39 is 24.1 Å². The number of aliphatic hydroxyl groups is 1. The van der Waals surface area contributed by atoms with E-state index in [0.717, 1.165) is 42.3 Å². The number of para-hydroxylation sites is 1. The number of hydrogen-bond donors (Lipinski definition) is 4. The molecule has 1 aromatic heterocycles. The summed E-state index contributed by atoms with van der Waals surface area (Å²) in [5.41, 5.74) is 1.95. The molecule has 3 rings (SSSR count). The zero-order valence-electron chi connectivity index (χ0n) is 19.3. The van der Waals surface area contributed by atoms with Crippen molar-refractivity contribution in [2.24, 2.45) is 5.92 Å². The number of nitrogens with one attached hydrogen (secondary N) is 2. The van der Waals surface area contributed by atoms with Gasteiger partial charge < -0.3 is 20.3 Å². The molecule has 2 unspecified atom stereocenters. The second-order valence-electron chi connectivity index (χ2n) is 9.06. The van der Waals surface area contributed by atoms with Crippen LogP contribution in [-0.4, -0.2) is 56.5 Å². The van der Waals surface area contributed by atoms with Gasteiger partial charge in [-0.2, -0.15) is 0 Å². The Labute approximate surface area is 193 Å². The second-order valence-corrected chi connectivity index (χ2v) is 9.06. The van der Waals surface area contributed by atoms with Crippen LogP contribution in [-0.2, 0) is 22.6 Å². The fraction of sp³-hybridized carbons (Fsp3) is 0.542. The molecular formula is C24H34N4O5. The molecule has 0 spiro atoms. The maximum absolute atomic E-state index is 12.9. The third-order valence-corrected chi connectivity index (χ3v) is 5.99. The minimum Gasteiger partial charge on any atom is -0.383 e. The number of imide groups is 1. The van der Waals surface area contributed by atoms with E-state index >= 15 is 0 Å². The fourth-order valence-corrected chi connectivity index (χ4v) is 4.08. The molecule has 0 aliphatic carbocycles. The summed E-state index contributed by atoms with van der Waals surface area (Å²) in [7, 11) is 0. The summed E-state index contributed by atoms with van der Waals surface area (Å²) in [4.78, 5) is 37.7. The quantitative estimate of drug-likeness (QED) is 0.405. The summed E-state index contributed by atoms with van der Waals surface area (Å²) in [5, 5.41) is 26.3. The number of aromatic nitrogens is 1. The molecule has 4 N–H and O–H groups in total. The topological polar surface area (TPSA) is 124 Å². The van der Waals surface area contributed by atoms with E-state index in [1.54, 1.807) is 0 Å². The minimum absolute atomic E-state index is 0.127. The van der Waals surface area contributed by atoms with Gasteiger partial charge in [-0.3, -0.25) is 14.8 Å². The average Bonchev–Trinajstić information content (AvgIpc) is 3.14. The molecule has 1 aliphatic rings. The Morgan fingerprint density at radius 2 is 1.97 bits per heavy atom. The van der Waals surface area contributed by atoms with Crippen LogP contribution >= 0.6 is 0 Å². The zero-order valence-corrected chi connectivity index (χ0v) is 19.3. The van der Waals surface area contributed by atoms with Gasteiger partial charge >= 0.3 is 6.03 Å². The highest BCUT2D eigenvalue weighted by Gasteiger charge is 2.30. The summed E-state index contributed by atoms with van der Waals surface area (Å²) >= 11 is 0. The molecule has 9 nitrogen and oxygen atoms in total. The predicted octanol–water partition coefficient (Wildman–Crippen LogP) is 2.58. The molecule has 2 aromatic rings. The van der Waals surface area contributed by atoms with Crippen molar-refractivity contribution in [2.75, 3.05) is 6.54 Å². The maximum atomic E-state index is 12.9. The van der Waals surface area contributed by atoms with Gasteiger partial charge in [-0.05, 0) is 49.7 Å². The normalized spacial score (nSPS) is 18.2. The second kappa shape index (κ2) is 11.3. The van der Waals surface area contributed by atoms with Crippen LogP contribution in [0.25, 0.3) is 10.9 Å². The number of hydroxylamine groups is 2. The number of rotatable bonds is 5. The van der Waals surface area contributed by atoms with E-state index in [9.17, 15) is 24.7 Å². The van der Waals surface area contributed by atoms with Crippen LogP contribution in [0.2, 0.25) is 0 Å². The van der Waals surface area contributed by atoms with Crippen molar-refractivity contribution in [2.45, 2.75) is 71.1 Å². The highest BCUT2D eigenvalue weighted by molar-refractivity contribution is 5.97. The molecule has 9 heteroatoms. The molecule has 0 saturated heterocycles. The Morgan fingerprint density at radius 1 is 1.21 bits per heavy atom. The van der Waals surface area contributed by atoms with E-state index in [1.165, 1.54) is 0 Å². The highest BCUT2D eigenvalue weighted by Crippen LogP contribution is 2.24. The summed E-state index contributed by atoms with van der Waals surface area (Å²) in [6.45, 7) is 5.23. The highest BCUT2D eigenvalue weighted by atomic mass is 16.5. The van der Waals surface area contributed by atoms with E-state index in [4.69, 9.17) is 0 Å². The molecule has 0 radical (unpaired) electrons. The standard InChI is InChI=1S/C24H34N4O5/c1-16(2)10-11-21(29)23(31)28(33)24(32)26-19-14-17-15-27(20-9-5-4-8-18(17)20)13-7-3-6-12-25-22(19)30/h4-5,8-9,15-16,19,21,29,33H,3,6-7,10-14H2,1-2H3,(H,25,30)(H,26,32). The van der Waals surface area contributed by atoms with Gasteiger partial charge in [-0.1, -0.05) is 32.0 Å². The Kier molecular flexibility index (Phi) is 8.46. The smallest absolute Gasteiger partial charge is 0.349 e. The Morgan fingerprint density at radius 3 is 2.73 bits per heavy atom. The first-order chi connectivity index (χ1) is 15.8. The third kappa shape index (κ3) is 6.33. The molecule has 2 atom stereocenters. The Balaban J connectivity index is 1.78. The molecular weight excluding hydrogens is 424 g/mol. The van der Waals surface area contributed by atoms with Crippen molar-refractivity contribution in [3.05, 3.63) is 36.0 Å². The molecule has 1 aliphatic heterocycles. The summed E-state index contributed by atoms with van der Waals surface area (Å²) in [6.07, 6.45) is 4.15. The summed E-state index contributed by atoms with van der Waals surface area (Å²) in [5.74, 6) is -1.24. The Bertz CT molecular complexity index is 986. The number of amides is 4. The Hall–Kier alpha value is -2.91. The van der Waals surface area contributed by atoms with Crippen LogP contribution in [0.3, 0.4) is 0 Å². The number of aliphatic hydroxyl groups excluding tert-OH is 1. The molecule has 180 valence electrons.